The number of carbonyl (C=O) groups is 2. The quantitative estimate of drug-likeness (QED) is 0.851. The van der Waals surface area contributed by atoms with Crippen LogP contribution in [-0.4, -0.2) is 23.1 Å². The molecule has 0 aromatic heterocycles. The molecule has 2 aromatic rings. The van der Waals surface area contributed by atoms with Crippen LogP contribution < -0.4 is 10.1 Å². The molecule has 22 heavy (non-hydrogen) atoms. The Bertz CT molecular complexity index is 668. The first-order chi connectivity index (χ1) is 10.5. The summed E-state index contributed by atoms with van der Waals surface area (Å²) in [7, 11) is 0. The summed E-state index contributed by atoms with van der Waals surface area (Å²) in [4.78, 5) is 22.8. The molecule has 0 fully saturated rings. The minimum absolute atomic E-state index is 0.166. The number of carboxylic acid groups (broad SMARTS) is 1. The SMILES string of the molecule is C[C@H](Oc1ccc(C(=O)O)cc1)C(=O)Nc1ccc(Br)cc1. The molecule has 5 nitrogen and oxygen atoms in total. The van der Waals surface area contributed by atoms with E-state index in [1.165, 1.54) is 24.3 Å². The normalized spacial score (nSPS) is 11.5. The van der Waals surface area contributed by atoms with Crippen LogP contribution in [0.25, 0.3) is 0 Å². The van der Waals surface area contributed by atoms with Crippen molar-refractivity contribution in [2.24, 2.45) is 0 Å². The molecule has 0 aliphatic rings. The average Bonchev–Trinajstić information content (AvgIpc) is 2.50. The first-order valence-electron chi connectivity index (χ1n) is 6.52. The zero-order valence-electron chi connectivity index (χ0n) is 11.7. The molecule has 6 heteroatoms. The third kappa shape index (κ3) is 4.33. The van der Waals surface area contributed by atoms with Gasteiger partial charge >= 0.3 is 5.97 Å². The first kappa shape index (κ1) is 16.0. The highest BCUT2D eigenvalue weighted by molar-refractivity contribution is 9.10. The van der Waals surface area contributed by atoms with Gasteiger partial charge in [-0.25, -0.2) is 4.79 Å². The minimum atomic E-state index is -1.01. The van der Waals surface area contributed by atoms with Crippen LogP contribution >= 0.6 is 15.9 Å². The van der Waals surface area contributed by atoms with Gasteiger partial charge in [-0.1, -0.05) is 15.9 Å². The smallest absolute Gasteiger partial charge is 0.335 e. The Labute approximate surface area is 136 Å². The Kier molecular flexibility index (Phi) is 5.16. The third-order valence-electron chi connectivity index (χ3n) is 2.90. The molecule has 0 saturated heterocycles. The molecule has 2 N–H and O–H groups in total. The Hall–Kier alpha value is -2.34. The van der Waals surface area contributed by atoms with Crippen molar-refractivity contribution < 1.29 is 19.4 Å². The fourth-order valence-corrected chi connectivity index (χ4v) is 1.98. The van der Waals surface area contributed by atoms with Crippen molar-refractivity contribution in [2.45, 2.75) is 13.0 Å². The van der Waals surface area contributed by atoms with Crippen molar-refractivity contribution in [3.63, 3.8) is 0 Å². The van der Waals surface area contributed by atoms with Crippen LogP contribution in [0.15, 0.2) is 53.0 Å². The highest BCUT2D eigenvalue weighted by atomic mass is 79.9. The van der Waals surface area contributed by atoms with Crippen LogP contribution in [0.3, 0.4) is 0 Å². The van der Waals surface area contributed by atoms with Crippen molar-refractivity contribution in [1.29, 1.82) is 0 Å². The molecule has 0 spiro atoms. The topological polar surface area (TPSA) is 75.6 Å². The van der Waals surface area contributed by atoms with Crippen molar-refractivity contribution in [1.82, 2.24) is 0 Å². The summed E-state index contributed by atoms with van der Waals surface area (Å²) in [5, 5.41) is 11.6. The Morgan fingerprint density at radius 3 is 2.23 bits per heavy atom. The molecule has 0 heterocycles. The van der Waals surface area contributed by atoms with E-state index in [1.54, 1.807) is 19.1 Å². The van der Waals surface area contributed by atoms with Crippen LogP contribution in [0.2, 0.25) is 0 Å². The third-order valence-corrected chi connectivity index (χ3v) is 3.42. The van der Waals surface area contributed by atoms with Gasteiger partial charge in [-0.2, -0.15) is 0 Å². The van der Waals surface area contributed by atoms with Gasteiger partial charge in [-0.15, -0.1) is 0 Å². The van der Waals surface area contributed by atoms with Crippen molar-refractivity contribution in [2.75, 3.05) is 5.32 Å². The number of anilines is 1. The number of ether oxygens (including phenoxy) is 1. The van der Waals surface area contributed by atoms with Crippen LogP contribution in [-0.2, 0) is 4.79 Å². The fraction of sp³-hybridized carbons (Fsp3) is 0.125. The zero-order valence-corrected chi connectivity index (χ0v) is 13.3. The number of hydrogen-bond acceptors (Lipinski definition) is 3. The lowest BCUT2D eigenvalue weighted by atomic mass is 10.2. The van der Waals surface area contributed by atoms with E-state index in [2.05, 4.69) is 21.2 Å². The van der Waals surface area contributed by atoms with E-state index in [0.29, 0.717) is 11.4 Å². The molecule has 0 aliphatic heterocycles. The number of halogens is 1. The first-order valence-corrected chi connectivity index (χ1v) is 7.31. The molecule has 114 valence electrons. The van der Waals surface area contributed by atoms with Crippen LogP contribution in [0.1, 0.15) is 17.3 Å². The van der Waals surface area contributed by atoms with Gasteiger partial charge in [-0.05, 0) is 55.5 Å². The molecule has 1 amide bonds. The summed E-state index contributed by atoms with van der Waals surface area (Å²) in [5.74, 6) is -0.860. The van der Waals surface area contributed by atoms with Gasteiger partial charge in [0, 0.05) is 10.2 Å². The van der Waals surface area contributed by atoms with Gasteiger partial charge in [0.05, 0.1) is 5.56 Å². The number of rotatable bonds is 5. The van der Waals surface area contributed by atoms with E-state index in [9.17, 15) is 9.59 Å². The lowest BCUT2D eigenvalue weighted by Gasteiger charge is -2.15. The van der Waals surface area contributed by atoms with Crippen LogP contribution in [0, 0.1) is 0 Å². The predicted molar refractivity (Wildman–Crippen MR) is 86.3 cm³/mol. The van der Waals surface area contributed by atoms with Crippen LogP contribution in [0.4, 0.5) is 5.69 Å². The lowest BCUT2D eigenvalue weighted by molar-refractivity contribution is -0.122. The number of nitrogens with one attached hydrogen (secondary N) is 1. The maximum Gasteiger partial charge on any atom is 0.335 e. The summed E-state index contributed by atoms with van der Waals surface area (Å²) in [5.41, 5.74) is 0.837. The number of carbonyl (C=O) groups excluding carboxylic acids is 1. The van der Waals surface area contributed by atoms with E-state index in [0.717, 1.165) is 4.47 Å². The van der Waals surface area contributed by atoms with E-state index in [4.69, 9.17) is 9.84 Å². The number of aromatic carboxylic acids is 1. The van der Waals surface area contributed by atoms with E-state index in [1.807, 2.05) is 12.1 Å². The number of benzene rings is 2. The summed E-state index contributed by atoms with van der Waals surface area (Å²) < 4.78 is 6.42. The summed E-state index contributed by atoms with van der Waals surface area (Å²) in [6.45, 7) is 1.62. The highest BCUT2D eigenvalue weighted by Crippen LogP contribution is 2.16. The molecule has 0 unspecified atom stereocenters. The standard InChI is InChI=1S/C16H14BrNO4/c1-10(15(19)18-13-6-4-12(17)5-7-13)22-14-8-2-11(3-9-14)16(20)21/h2-10H,1H3,(H,18,19)(H,20,21)/t10-/m0/s1. The van der Waals surface area contributed by atoms with E-state index < -0.39 is 12.1 Å². The molecule has 2 rings (SSSR count). The molecular weight excluding hydrogens is 350 g/mol. The van der Waals surface area contributed by atoms with Gasteiger partial charge in [0.1, 0.15) is 5.75 Å². The molecular formula is C16H14BrNO4. The maximum absolute atomic E-state index is 12.0. The molecule has 0 bridgehead atoms. The fourth-order valence-electron chi connectivity index (χ4n) is 1.71. The number of carboxylic acids is 1. The predicted octanol–water partition coefficient (Wildman–Crippen LogP) is 3.55. The van der Waals surface area contributed by atoms with Gasteiger partial charge in [0.15, 0.2) is 6.10 Å². The Morgan fingerprint density at radius 2 is 1.68 bits per heavy atom. The molecule has 0 radical (unpaired) electrons. The number of amides is 1. The zero-order chi connectivity index (χ0) is 16.1. The van der Waals surface area contributed by atoms with E-state index in [-0.39, 0.29) is 11.5 Å². The monoisotopic (exact) mass is 363 g/mol. The number of hydrogen-bond donors (Lipinski definition) is 2. The highest BCUT2D eigenvalue weighted by Gasteiger charge is 2.15. The second kappa shape index (κ2) is 7.09. The van der Waals surface area contributed by atoms with Gasteiger partial charge in [0.25, 0.3) is 5.91 Å². The van der Waals surface area contributed by atoms with Crippen molar-refractivity contribution in [3.05, 3.63) is 58.6 Å². The minimum Gasteiger partial charge on any atom is -0.481 e. The Morgan fingerprint density at radius 1 is 1.09 bits per heavy atom. The average molecular weight is 364 g/mol. The second-order valence-electron chi connectivity index (χ2n) is 4.59. The maximum atomic E-state index is 12.0. The van der Waals surface area contributed by atoms with E-state index >= 15 is 0 Å². The van der Waals surface area contributed by atoms with Crippen molar-refractivity contribution >= 4 is 33.5 Å². The van der Waals surface area contributed by atoms with Gasteiger partial charge in [0.2, 0.25) is 0 Å². The van der Waals surface area contributed by atoms with Gasteiger partial charge in [-0.3, -0.25) is 4.79 Å². The molecule has 0 aliphatic carbocycles. The van der Waals surface area contributed by atoms with Crippen molar-refractivity contribution in [3.8, 4) is 5.75 Å². The van der Waals surface area contributed by atoms with Gasteiger partial charge < -0.3 is 15.2 Å². The largest absolute Gasteiger partial charge is 0.481 e. The summed E-state index contributed by atoms with van der Waals surface area (Å²) in [6.07, 6.45) is -0.709. The molecule has 2 aromatic carbocycles. The molecule has 0 saturated carbocycles. The molecule has 1 atom stereocenters. The summed E-state index contributed by atoms with van der Waals surface area (Å²) in [6, 6.07) is 13.1. The van der Waals surface area contributed by atoms with Crippen LogP contribution in [0.5, 0.6) is 5.75 Å². The Balaban J connectivity index is 1.95. The lowest BCUT2D eigenvalue weighted by Crippen LogP contribution is -2.30. The second-order valence-corrected chi connectivity index (χ2v) is 5.50. The summed E-state index contributed by atoms with van der Waals surface area (Å²) >= 11 is 3.32.